The summed E-state index contributed by atoms with van der Waals surface area (Å²) >= 11 is 0. The Hall–Kier alpha value is -2.04. The summed E-state index contributed by atoms with van der Waals surface area (Å²) in [6.07, 6.45) is 0.603. The Morgan fingerprint density at radius 3 is 2.93 bits per heavy atom. The van der Waals surface area contributed by atoms with Crippen LogP contribution in [0.5, 0.6) is 0 Å². The zero-order valence-corrected chi connectivity index (χ0v) is 7.37. The van der Waals surface area contributed by atoms with Crippen LogP contribution >= 0.6 is 0 Å². The number of esters is 1. The Labute approximate surface area is 78.6 Å². The first-order valence-electron chi connectivity index (χ1n) is 3.90. The average Bonchev–Trinajstić information content (AvgIpc) is 2.72. The molecule has 0 aliphatic heterocycles. The predicted molar refractivity (Wildman–Crippen MR) is 47.3 cm³/mol. The summed E-state index contributed by atoms with van der Waals surface area (Å²) < 4.78 is 9.60. The molecule has 5 heteroatoms. The molecule has 0 saturated carbocycles. The Morgan fingerprint density at radius 1 is 1.57 bits per heavy atom. The fourth-order valence-corrected chi connectivity index (χ4v) is 1.22. The molecule has 2 rings (SSSR count). The third kappa shape index (κ3) is 1.19. The third-order valence-electron chi connectivity index (χ3n) is 1.85. The van der Waals surface area contributed by atoms with Gasteiger partial charge in [-0.3, -0.25) is 4.79 Å². The van der Waals surface area contributed by atoms with Gasteiger partial charge in [0.1, 0.15) is 5.69 Å². The number of hydrogen-bond donors (Lipinski definition) is 1. The van der Waals surface area contributed by atoms with Crippen molar-refractivity contribution in [3.05, 3.63) is 23.6 Å². The Morgan fingerprint density at radius 2 is 2.36 bits per heavy atom. The van der Waals surface area contributed by atoms with Gasteiger partial charge in [-0.15, -0.1) is 0 Å². The van der Waals surface area contributed by atoms with Crippen LogP contribution in [0.15, 0.2) is 16.5 Å². The van der Waals surface area contributed by atoms with Crippen LogP contribution in [0.1, 0.15) is 21.0 Å². The highest BCUT2D eigenvalue weighted by molar-refractivity contribution is 5.94. The van der Waals surface area contributed by atoms with E-state index in [1.807, 2.05) is 0 Å². The number of H-pyrrole nitrogens is 1. The van der Waals surface area contributed by atoms with Gasteiger partial charge in [-0.2, -0.15) is 0 Å². The van der Waals surface area contributed by atoms with Crippen molar-refractivity contribution >= 4 is 23.4 Å². The van der Waals surface area contributed by atoms with Gasteiger partial charge in [0.25, 0.3) is 0 Å². The van der Waals surface area contributed by atoms with Gasteiger partial charge in [-0.25, -0.2) is 4.79 Å². The van der Waals surface area contributed by atoms with E-state index >= 15 is 0 Å². The largest absolute Gasteiger partial charge is 0.464 e. The second-order valence-electron chi connectivity index (χ2n) is 2.72. The molecule has 0 unspecified atom stereocenters. The number of furan rings is 1. The van der Waals surface area contributed by atoms with Crippen molar-refractivity contribution in [2.45, 2.75) is 0 Å². The SMILES string of the molecule is COC(=O)c1cc2oc(C=O)cc2[nH]1. The second kappa shape index (κ2) is 3.02. The monoisotopic (exact) mass is 193 g/mol. The number of carbonyl (C=O) groups excluding carboxylic acids is 2. The summed E-state index contributed by atoms with van der Waals surface area (Å²) in [4.78, 5) is 24.2. The predicted octanol–water partition coefficient (Wildman–Crippen LogP) is 1.36. The van der Waals surface area contributed by atoms with Crippen LogP contribution in [0.3, 0.4) is 0 Å². The van der Waals surface area contributed by atoms with E-state index in [2.05, 4.69) is 9.72 Å². The highest BCUT2D eigenvalue weighted by atomic mass is 16.5. The number of methoxy groups -OCH3 is 1. The molecule has 0 aliphatic carbocycles. The molecule has 0 spiro atoms. The normalized spacial score (nSPS) is 10.4. The van der Waals surface area contributed by atoms with E-state index in [1.165, 1.54) is 19.2 Å². The maximum Gasteiger partial charge on any atom is 0.354 e. The Bertz CT molecular complexity index is 462. The van der Waals surface area contributed by atoms with Gasteiger partial charge in [-0.1, -0.05) is 0 Å². The standard InChI is InChI=1S/C9H7NO4/c1-13-9(12)7-3-8-6(10-7)2-5(4-11)14-8/h2-4,10H,1H3. The maximum absolute atomic E-state index is 11.1. The first kappa shape index (κ1) is 8.55. The van der Waals surface area contributed by atoms with Gasteiger partial charge in [0.2, 0.25) is 0 Å². The Balaban J connectivity index is 2.49. The summed E-state index contributed by atoms with van der Waals surface area (Å²) in [5.74, 6) is -0.244. The fourth-order valence-electron chi connectivity index (χ4n) is 1.22. The minimum absolute atomic E-state index is 0.225. The second-order valence-corrected chi connectivity index (χ2v) is 2.72. The van der Waals surface area contributed by atoms with Crippen LogP contribution in [-0.2, 0) is 4.74 Å². The average molecular weight is 193 g/mol. The molecule has 2 aromatic heterocycles. The zero-order valence-electron chi connectivity index (χ0n) is 7.37. The van der Waals surface area contributed by atoms with Crippen molar-refractivity contribution in [3.63, 3.8) is 0 Å². The molecule has 0 aliphatic rings. The van der Waals surface area contributed by atoms with Crippen molar-refractivity contribution in [2.24, 2.45) is 0 Å². The Kier molecular flexibility index (Phi) is 1.85. The smallest absolute Gasteiger partial charge is 0.354 e. The molecular weight excluding hydrogens is 186 g/mol. The van der Waals surface area contributed by atoms with Crippen molar-refractivity contribution < 1.29 is 18.7 Å². The molecule has 0 saturated heterocycles. The lowest BCUT2D eigenvalue weighted by Crippen LogP contribution is -2.00. The molecule has 0 atom stereocenters. The van der Waals surface area contributed by atoms with E-state index in [1.54, 1.807) is 0 Å². The van der Waals surface area contributed by atoms with Crippen molar-refractivity contribution in [1.29, 1.82) is 0 Å². The minimum Gasteiger partial charge on any atom is -0.464 e. The van der Waals surface area contributed by atoms with E-state index in [9.17, 15) is 9.59 Å². The number of aromatic amines is 1. The lowest BCUT2D eigenvalue weighted by molar-refractivity contribution is 0.0595. The van der Waals surface area contributed by atoms with Crippen molar-refractivity contribution in [2.75, 3.05) is 7.11 Å². The van der Waals surface area contributed by atoms with Gasteiger partial charge in [0.15, 0.2) is 17.6 Å². The molecule has 0 amide bonds. The maximum atomic E-state index is 11.1. The van der Waals surface area contributed by atoms with E-state index in [4.69, 9.17) is 4.42 Å². The molecule has 0 aromatic carbocycles. The van der Waals surface area contributed by atoms with E-state index in [0.29, 0.717) is 23.1 Å². The molecule has 72 valence electrons. The molecule has 0 fully saturated rings. The van der Waals surface area contributed by atoms with Gasteiger partial charge >= 0.3 is 5.97 Å². The number of aromatic nitrogens is 1. The molecule has 0 radical (unpaired) electrons. The van der Waals surface area contributed by atoms with Crippen LogP contribution in [0.4, 0.5) is 0 Å². The first-order valence-corrected chi connectivity index (χ1v) is 3.90. The van der Waals surface area contributed by atoms with Crippen LogP contribution in [0, 0.1) is 0 Å². The molecule has 2 heterocycles. The number of aldehydes is 1. The number of fused-ring (bicyclic) bond motifs is 1. The van der Waals surface area contributed by atoms with Crippen LogP contribution in [-0.4, -0.2) is 24.3 Å². The number of hydrogen-bond acceptors (Lipinski definition) is 4. The summed E-state index contributed by atoms with van der Waals surface area (Å²) in [6.45, 7) is 0. The number of carbonyl (C=O) groups is 2. The molecule has 0 bridgehead atoms. The molecule has 5 nitrogen and oxygen atoms in total. The number of ether oxygens (including phenoxy) is 1. The van der Waals surface area contributed by atoms with Crippen molar-refractivity contribution in [1.82, 2.24) is 4.98 Å². The zero-order chi connectivity index (χ0) is 10.1. The third-order valence-corrected chi connectivity index (χ3v) is 1.85. The molecule has 2 aromatic rings. The van der Waals surface area contributed by atoms with Crippen LogP contribution < -0.4 is 0 Å². The number of rotatable bonds is 2. The molecule has 1 N–H and O–H groups in total. The summed E-state index contributed by atoms with van der Waals surface area (Å²) in [5.41, 5.74) is 1.37. The molecule has 14 heavy (non-hydrogen) atoms. The lowest BCUT2D eigenvalue weighted by Gasteiger charge is -1.91. The van der Waals surface area contributed by atoms with Gasteiger partial charge in [-0.05, 0) is 0 Å². The summed E-state index contributed by atoms with van der Waals surface area (Å²) in [6, 6.07) is 3.02. The first-order chi connectivity index (χ1) is 6.74. The molecular formula is C9H7NO4. The van der Waals surface area contributed by atoms with Gasteiger partial charge in [0.05, 0.1) is 12.6 Å². The highest BCUT2D eigenvalue weighted by Gasteiger charge is 2.12. The quantitative estimate of drug-likeness (QED) is 0.577. The van der Waals surface area contributed by atoms with Gasteiger partial charge in [0, 0.05) is 12.1 Å². The highest BCUT2D eigenvalue weighted by Crippen LogP contribution is 2.19. The summed E-state index contributed by atoms with van der Waals surface area (Å²) in [5, 5.41) is 0. The van der Waals surface area contributed by atoms with Crippen LogP contribution in [0.25, 0.3) is 11.1 Å². The van der Waals surface area contributed by atoms with E-state index in [0.717, 1.165) is 0 Å². The van der Waals surface area contributed by atoms with Crippen LogP contribution in [0.2, 0.25) is 0 Å². The topological polar surface area (TPSA) is 72.3 Å². The number of nitrogens with one attached hydrogen (secondary N) is 1. The van der Waals surface area contributed by atoms with E-state index in [-0.39, 0.29) is 5.76 Å². The lowest BCUT2D eigenvalue weighted by atomic mass is 10.4. The fraction of sp³-hybridized carbons (Fsp3) is 0.111. The van der Waals surface area contributed by atoms with Gasteiger partial charge < -0.3 is 14.1 Å². The summed E-state index contributed by atoms with van der Waals surface area (Å²) in [7, 11) is 1.29. The van der Waals surface area contributed by atoms with Crippen molar-refractivity contribution in [3.8, 4) is 0 Å². The minimum atomic E-state index is -0.468. The van der Waals surface area contributed by atoms with E-state index < -0.39 is 5.97 Å².